The molecule has 0 radical (unpaired) electrons. The molecule has 0 unspecified atom stereocenters. The van der Waals surface area contributed by atoms with Crippen molar-refractivity contribution >= 4 is 11.6 Å². The Bertz CT molecular complexity index is 535. The van der Waals surface area contributed by atoms with Gasteiger partial charge in [0.25, 0.3) is 5.91 Å². The lowest BCUT2D eigenvalue weighted by Gasteiger charge is -2.17. The summed E-state index contributed by atoms with van der Waals surface area (Å²) >= 11 is 0. The molecule has 0 aromatic heterocycles. The molecule has 0 atom stereocenters. The zero-order valence-electron chi connectivity index (χ0n) is 11.8. The number of carbonyl (C=O) groups excluding carboxylic acids is 1. The van der Waals surface area contributed by atoms with E-state index >= 15 is 0 Å². The topological polar surface area (TPSA) is 78.3 Å². The van der Waals surface area contributed by atoms with Crippen molar-refractivity contribution in [1.82, 2.24) is 4.90 Å². The number of hydrogen-bond donors (Lipinski definition) is 0. The zero-order valence-corrected chi connectivity index (χ0v) is 11.8. The van der Waals surface area contributed by atoms with Crippen molar-refractivity contribution in [2.75, 3.05) is 19.7 Å². The summed E-state index contributed by atoms with van der Waals surface area (Å²) in [5, 5.41) is 3.58. The Morgan fingerprint density at radius 2 is 1.95 bits per heavy atom. The van der Waals surface area contributed by atoms with Crippen LogP contribution in [0.1, 0.15) is 24.0 Å². The Morgan fingerprint density at radius 1 is 1.35 bits per heavy atom. The van der Waals surface area contributed by atoms with Crippen molar-refractivity contribution in [3.05, 3.63) is 33.7 Å². The second-order valence-corrected chi connectivity index (χ2v) is 4.97. The average molecular weight is 274 g/mol. The summed E-state index contributed by atoms with van der Waals surface area (Å²) in [4.78, 5) is 16.5. The summed E-state index contributed by atoms with van der Waals surface area (Å²) in [5.74, 6) is 0.717. The number of benzene rings is 1. The number of likely N-dealkylation sites (tertiary alicyclic amines) is 1. The first-order chi connectivity index (χ1) is 9.61. The summed E-state index contributed by atoms with van der Waals surface area (Å²) in [5.41, 5.74) is 10.7. The van der Waals surface area contributed by atoms with Gasteiger partial charge in [-0.2, -0.15) is 0 Å². The molecule has 20 heavy (non-hydrogen) atoms. The maximum absolute atomic E-state index is 11.9. The maximum Gasteiger partial charge on any atom is 0.260 e. The van der Waals surface area contributed by atoms with Crippen LogP contribution in [0.25, 0.3) is 10.4 Å². The average Bonchev–Trinajstić information content (AvgIpc) is 2.91. The van der Waals surface area contributed by atoms with Crippen LogP contribution in [0.15, 0.2) is 17.2 Å². The third-order valence-corrected chi connectivity index (χ3v) is 3.40. The van der Waals surface area contributed by atoms with E-state index in [0.29, 0.717) is 11.4 Å². The van der Waals surface area contributed by atoms with Gasteiger partial charge in [0.1, 0.15) is 5.75 Å². The smallest absolute Gasteiger partial charge is 0.260 e. The number of rotatable bonds is 4. The molecule has 1 heterocycles. The highest BCUT2D eigenvalue weighted by Crippen LogP contribution is 2.28. The van der Waals surface area contributed by atoms with E-state index in [1.54, 1.807) is 12.1 Å². The van der Waals surface area contributed by atoms with Gasteiger partial charge in [-0.3, -0.25) is 4.79 Å². The molecule has 1 amide bonds. The largest absolute Gasteiger partial charge is 0.483 e. The minimum atomic E-state index is 0.0282. The zero-order chi connectivity index (χ0) is 14.5. The van der Waals surface area contributed by atoms with Gasteiger partial charge < -0.3 is 9.64 Å². The summed E-state index contributed by atoms with van der Waals surface area (Å²) < 4.78 is 5.65. The fourth-order valence-corrected chi connectivity index (χ4v) is 2.46. The Kier molecular flexibility index (Phi) is 4.48. The van der Waals surface area contributed by atoms with E-state index in [0.717, 1.165) is 37.1 Å². The summed E-state index contributed by atoms with van der Waals surface area (Å²) in [6, 6.07) is 3.50. The maximum atomic E-state index is 11.9. The molecule has 6 heteroatoms. The van der Waals surface area contributed by atoms with Crippen LogP contribution < -0.4 is 4.74 Å². The molecular weight excluding hydrogens is 256 g/mol. The van der Waals surface area contributed by atoms with E-state index in [2.05, 4.69) is 10.0 Å². The van der Waals surface area contributed by atoms with Gasteiger partial charge in [0.05, 0.1) is 0 Å². The summed E-state index contributed by atoms with van der Waals surface area (Å²) in [6.45, 7) is 5.46. The van der Waals surface area contributed by atoms with Gasteiger partial charge in [0.15, 0.2) is 6.61 Å². The van der Waals surface area contributed by atoms with Crippen LogP contribution >= 0.6 is 0 Å². The van der Waals surface area contributed by atoms with Crippen molar-refractivity contribution in [3.63, 3.8) is 0 Å². The molecule has 0 saturated carbocycles. The highest BCUT2D eigenvalue weighted by atomic mass is 16.5. The first kappa shape index (κ1) is 14.2. The van der Waals surface area contributed by atoms with Crippen molar-refractivity contribution in [2.24, 2.45) is 5.11 Å². The quantitative estimate of drug-likeness (QED) is 0.480. The van der Waals surface area contributed by atoms with Crippen LogP contribution in [-0.2, 0) is 4.79 Å². The molecule has 1 aliphatic heterocycles. The molecule has 0 spiro atoms. The number of aryl methyl sites for hydroxylation is 2. The van der Waals surface area contributed by atoms with E-state index in [9.17, 15) is 4.79 Å². The number of carbonyl (C=O) groups is 1. The molecule has 0 bridgehead atoms. The van der Waals surface area contributed by atoms with Crippen LogP contribution in [0, 0.1) is 13.8 Å². The van der Waals surface area contributed by atoms with E-state index in [-0.39, 0.29) is 12.5 Å². The molecule has 0 aliphatic carbocycles. The van der Waals surface area contributed by atoms with E-state index in [1.165, 1.54) is 0 Å². The standard InChI is InChI=1S/C14H18N4O2/c1-10-7-12(16-17-15)8-11(2)14(10)20-9-13(19)18-5-3-4-6-18/h7-8H,3-6,9H2,1-2H3. The number of azide groups is 1. The molecule has 1 saturated heterocycles. The lowest BCUT2D eigenvalue weighted by Crippen LogP contribution is -2.32. The highest BCUT2D eigenvalue weighted by Gasteiger charge is 2.18. The van der Waals surface area contributed by atoms with Gasteiger partial charge in [-0.15, -0.1) is 0 Å². The molecule has 6 nitrogen and oxygen atoms in total. The van der Waals surface area contributed by atoms with Gasteiger partial charge in [-0.05, 0) is 55.5 Å². The third-order valence-electron chi connectivity index (χ3n) is 3.40. The lowest BCUT2D eigenvalue weighted by molar-refractivity contribution is -0.132. The van der Waals surface area contributed by atoms with E-state index < -0.39 is 0 Å². The minimum absolute atomic E-state index is 0.0282. The minimum Gasteiger partial charge on any atom is -0.483 e. The highest BCUT2D eigenvalue weighted by molar-refractivity contribution is 5.78. The van der Waals surface area contributed by atoms with Gasteiger partial charge in [0, 0.05) is 23.7 Å². The van der Waals surface area contributed by atoms with Crippen molar-refractivity contribution in [2.45, 2.75) is 26.7 Å². The fourth-order valence-electron chi connectivity index (χ4n) is 2.46. The monoisotopic (exact) mass is 274 g/mol. The number of hydrogen-bond acceptors (Lipinski definition) is 3. The molecule has 106 valence electrons. The fraction of sp³-hybridized carbons (Fsp3) is 0.500. The molecule has 1 aliphatic rings. The van der Waals surface area contributed by atoms with Gasteiger partial charge >= 0.3 is 0 Å². The van der Waals surface area contributed by atoms with Gasteiger partial charge in [-0.1, -0.05) is 5.11 Å². The summed E-state index contributed by atoms with van der Waals surface area (Å²) in [7, 11) is 0. The van der Waals surface area contributed by atoms with E-state index in [1.807, 2.05) is 18.7 Å². The third kappa shape index (κ3) is 3.22. The van der Waals surface area contributed by atoms with Crippen molar-refractivity contribution in [3.8, 4) is 5.75 Å². The van der Waals surface area contributed by atoms with E-state index in [4.69, 9.17) is 10.3 Å². The molecule has 0 N–H and O–H groups in total. The Balaban J connectivity index is 2.05. The Labute approximate surface area is 118 Å². The van der Waals surface area contributed by atoms with Gasteiger partial charge in [-0.25, -0.2) is 0 Å². The second kappa shape index (κ2) is 6.30. The molecular formula is C14H18N4O2. The Morgan fingerprint density at radius 3 is 2.50 bits per heavy atom. The van der Waals surface area contributed by atoms with Crippen molar-refractivity contribution in [1.29, 1.82) is 0 Å². The van der Waals surface area contributed by atoms with Crippen LogP contribution in [0.3, 0.4) is 0 Å². The van der Waals surface area contributed by atoms with Crippen LogP contribution in [0.4, 0.5) is 5.69 Å². The van der Waals surface area contributed by atoms with Crippen LogP contribution in [0.2, 0.25) is 0 Å². The normalized spacial score (nSPS) is 14.0. The Hall–Kier alpha value is -2.20. The van der Waals surface area contributed by atoms with Crippen LogP contribution in [0.5, 0.6) is 5.75 Å². The lowest BCUT2D eigenvalue weighted by atomic mass is 10.1. The molecule has 1 aromatic carbocycles. The molecule has 2 rings (SSSR count). The predicted molar refractivity (Wildman–Crippen MR) is 76.0 cm³/mol. The number of amides is 1. The summed E-state index contributed by atoms with van der Waals surface area (Å²) in [6.07, 6.45) is 2.15. The molecule has 1 aromatic rings. The predicted octanol–water partition coefficient (Wildman–Crippen LogP) is 3.25. The van der Waals surface area contributed by atoms with Crippen LogP contribution in [-0.4, -0.2) is 30.5 Å². The number of ether oxygens (including phenoxy) is 1. The van der Waals surface area contributed by atoms with Gasteiger partial charge in [0.2, 0.25) is 0 Å². The first-order valence-electron chi connectivity index (χ1n) is 6.68. The second-order valence-electron chi connectivity index (χ2n) is 4.97. The van der Waals surface area contributed by atoms with Crippen molar-refractivity contribution < 1.29 is 9.53 Å². The SMILES string of the molecule is Cc1cc(N=[N+]=[N-])cc(C)c1OCC(=O)N1CCCC1. The first-order valence-corrected chi connectivity index (χ1v) is 6.68. The molecule has 1 fully saturated rings. The number of nitrogens with zero attached hydrogens (tertiary/aromatic N) is 4.